The van der Waals surface area contributed by atoms with Gasteiger partial charge in [0.15, 0.2) is 0 Å². The number of aromatic nitrogens is 3. The van der Waals surface area contributed by atoms with Crippen molar-refractivity contribution in [2.24, 2.45) is 11.8 Å². The Morgan fingerprint density at radius 2 is 2.10 bits per heavy atom. The van der Waals surface area contributed by atoms with Gasteiger partial charge in [0.05, 0.1) is 12.7 Å². The molecule has 8 heteroatoms. The van der Waals surface area contributed by atoms with Crippen molar-refractivity contribution in [1.29, 1.82) is 0 Å². The summed E-state index contributed by atoms with van der Waals surface area (Å²) in [7, 11) is 0. The van der Waals surface area contributed by atoms with Crippen LogP contribution in [0, 0.1) is 5.92 Å². The maximum absolute atomic E-state index is 5.66. The van der Waals surface area contributed by atoms with Crippen LogP contribution in [-0.4, -0.2) is 40.8 Å². The molecule has 0 spiro atoms. The third kappa shape index (κ3) is 3.67. The van der Waals surface area contributed by atoms with Gasteiger partial charge in [-0.25, -0.2) is 5.84 Å². The van der Waals surface area contributed by atoms with E-state index in [0.29, 0.717) is 24.6 Å². The number of nitrogens with zero attached hydrogens (tertiary/aromatic N) is 3. The van der Waals surface area contributed by atoms with Gasteiger partial charge >= 0.3 is 6.01 Å². The lowest BCUT2D eigenvalue weighted by Gasteiger charge is -2.17. The first kappa shape index (κ1) is 14.7. The largest absolute Gasteiger partial charge is 0.464 e. The van der Waals surface area contributed by atoms with E-state index in [9.17, 15) is 0 Å². The van der Waals surface area contributed by atoms with Crippen molar-refractivity contribution in [2.75, 3.05) is 30.5 Å². The van der Waals surface area contributed by atoms with E-state index in [1.54, 1.807) is 0 Å². The highest BCUT2D eigenvalue weighted by atomic mass is 16.5. The molecule has 2 atom stereocenters. The molecule has 0 amide bonds. The number of nitrogens with two attached hydrogens (primary N) is 1. The van der Waals surface area contributed by atoms with Crippen LogP contribution in [0.4, 0.5) is 11.9 Å². The molecule has 1 aliphatic rings. The number of nitrogen functional groups attached to an aromatic ring is 1. The first-order valence-electron chi connectivity index (χ1n) is 6.97. The van der Waals surface area contributed by atoms with Crippen LogP contribution < -0.4 is 21.3 Å². The van der Waals surface area contributed by atoms with E-state index >= 15 is 0 Å². The zero-order valence-electron chi connectivity index (χ0n) is 11.9. The van der Waals surface area contributed by atoms with Crippen molar-refractivity contribution >= 4 is 11.9 Å². The molecule has 1 saturated heterocycles. The third-order valence-electron chi connectivity index (χ3n) is 3.29. The number of hydrogen-bond acceptors (Lipinski definition) is 8. The maximum atomic E-state index is 5.66. The SMILES string of the molecule is CCOc1nc(NN)nc(NCC2CCOC2CC)n1. The summed E-state index contributed by atoms with van der Waals surface area (Å²) in [6, 6.07) is 0.257. The van der Waals surface area contributed by atoms with Gasteiger partial charge in [-0.3, -0.25) is 5.43 Å². The second kappa shape index (κ2) is 7.20. The second-order valence-electron chi connectivity index (χ2n) is 4.59. The topological polar surface area (TPSA) is 107 Å². The van der Waals surface area contributed by atoms with Crippen LogP contribution in [-0.2, 0) is 4.74 Å². The molecular weight excluding hydrogens is 260 g/mol. The quantitative estimate of drug-likeness (QED) is 0.497. The number of rotatable bonds is 7. The third-order valence-corrected chi connectivity index (χ3v) is 3.29. The number of nitrogens with one attached hydrogen (secondary N) is 2. The van der Waals surface area contributed by atoms with Crippen molar-refractivity contribution in [3.8, 4) is 6.01 Å². The fourth-order valence-electron chi connectivity index (χ4n) is 2.29. The average molecular weight is 282 g/mol. The summed E-state index contributed by atoms with van der Waals surface area (Å²) in [6.45, 7) is 6.07. The highest BCUT2D eigenvalue weighted by Crippen LogP contribution is 2.23. The van der Waals surface area contributed by atoms with E-state index in [2.05, 4.69) is 32.6 Å². The molecule has 2 rings (SSSR count). The minimum Gasteiger partial charge on any atom is -0.464 e. The molecule has 20 heavy (non-hydrogen) atoms. The van der Waals surface area contributed by atoms with E-state index in [1.165, 1.54) is 0 Å². The number of hydrogen-bond donors (Lipinski definition) is 3. The molecule has 4 N–H and O–H groups in total. The lowest BCUT2D eigenvalue weighted by atomic mass is 10.00. The summed E-state index contributed by atoms with van der Waals surface area (Å²) in [5.74, 6) is 6.55. The monoisotopic (exact) mass is 282 g/mol. The van der Waals surface area contributed by atoms with Gasteiger partial charge in [0.25, 0.3) is 0 Å². The number of anilines is 2. The first-order chi connectivity index (χ1) is 9.76. The Balaban J connectivity index is 1.99. The van der Waals surface area contributed by atoms with Gasteiger partial charge in [0, 0.05) is 19.1 Å². The van der Waals surface area contributed by atoms with Gasteiger partial charge in [-0.1, -0.05) is 6.92 Å². The predicted molar refractivity (Wildman–Crippen MR) is 75.4 cm³/mol. The van der Waals surface area contributed by atoms with Crippen molar-refractivity contribution in [2.45, 2.75) is 32.8 Å². The van der Waals surface area contributed by atoms with Crippen LogP contribution in [0.2, 0.25) is 0 Å². The molecule has 0 saturated carbocycles. The molecule has 1 aromatic rings. The van der Waals surface area contributed by atoms with Crippen LogP contribution in [0.3, 0.4) is 0 Å². The molecule has 0 aromatic carbocycles. The van der Waals surface area contributed by atoms with E-state index in [1.807, 2.05) is 6.92 Å². The first-order valence-corrected chi connectivity index (χ1v) is 6.97. The summed E-state index contributed by atoms with van der Waals surface area (Å²) >= 11 is 0. The van der Waals surface area contributed by atoms with E-state index in [0.717, 1.165) is 26.0 Å². The predicted octanol–water partition coefficient (Wildman–Crippen LogP) is 0.783. The van der Waals surface area contributed by atoms with Gasteiger partial charge in [-0.2, -0.15) is 15.0 Å². The summed E-state index contributed by atoms with van der Waals surface area (Å²) < 4.78 is 10.9. The van der Waals surface area contributed by atoms with Crippen LogP contribution in [0.5, 0.6) is 6.01 Å². The van der Waals surface area contributed by atoms with Crippen molar-refractivity contribution in [1.82, 2.24) is 15.0 Å². The van der Waals surface area contributed by atoms with Gasteiger partial charge in [0.2, 0.25) is 11.9 Å². The smallest absolute Gasteiger partial charge is 0.323 e. The van der Waals surface area contributed by atoms with Gasteiger partial charge in [-0.15, -0.1) is 0 Å². The van der Waals surface area contributed by atoms with Crippen LogP contribution in [0.1, 0.15) is 26.7 Å². The van der Waals surface area contributed by atoms with E-state index in [-0.39, 0.29) is 12.0 Å². The normalized spacial score (nSPS) is 21.8. The molecule has 8 nitrogen and oxygen atoms in total. The molecule has 2 heterocycles. The minimum atomic E-state index is 0.257. The van der Waals surface area contributed by atoms with E-state index in [4.69, 9.17) is 15.3 Å². The molecule has 0 aliphatic carbocycles. The van der Waals surface area contributed by atoms with Crippen LogP contribution in [0.25, 0.3) is 0 Å². The summed E-state index contributed by atoms with van der Waals surface area (Å²) in [5.41, 5.74) is 2.41. The Labute approximate surface area is 118 Å². The van der Waals surface area contributed by atoms with Crippen molar-refractivity contribution in [3.63, 3.8) is 0 Å². The zero-order chi connectivity index (χ0) is 14.4. The highest BCUT2D eigenvalue weighted by molar-refractivity contribution is 5.34. The maximum Gasteiger partial charge on any atom is 0.323 e. The standard InChI is InChI=1S/C12H22N6O2/c1-3-9-8(5-6-20-9)7-14-10-15-11(18-13)17-12(16-10)19-4-2/h8-9H,3-7,13H2,1-2H3,(H2,14,15,16,17,18). The molecule has 0 radical (unpaired) electrons. The molecule has 112 valence electrons. The number of hydrazine groups is 1. The molecule has 1 aromatic heterocycles. The molecule has 2 unspecified atom stereocenters. The van der Waals surface area contributed by atoms with Gasteiger partial charge in [-0.05, 0) is 19.8 Å². The van der Waals surface area contributed by atoms with Crippen molar-refractivity contribution in [3.05, 3.63) is 0 Å². The Morgan fingerprint density at radius 3 is 2.80 bits per heavy atom. The molecule has 0 bridgehead atoms. The Bertz CT molecular complexity index is 430. The highest BCUT2D eigenvalue weighted by Gasteiger charge is 2.26. The lowest BCUT2D eigenvalue weighted by Crippen LogP contribution is -2.24. The fourth-order valence-corrected chi connectivity index (χ4v) is 2.29. The van der Waals surface area contributed by atoms with Crippen LogP contribution >= 0.6 is 0 Å². The fraction of sp³-hybridized carbons (Fsp3) is 0.750. The van der Waals surface area contributed by atoms with E-state index < -0.39 is 0 Å². The van der Waals surface area contributed by atoms with Crippen molar-refractivity contribution < 1.29 is 9.47 Å². The molecule has 1 aliphatic heterocycles. The average Bonchev–Trinajstić information content (AvgIpc) is 2.92. The lowest BCUT2D eigenvalue weighted by molar-refractivity contribution is 0.0900. The number of ether oxygens (including phenoxy) is 2. The second-order valence-corrected chi connectivity index (χ2v) is 4.59. The van der Waals surface area contributed by atoms with Gasteiger partial charge in [0.1, 0.15) is 0 Å². The Morgan fingerprint density at radius 1 is 1.30 bits per heavy atom. The Hall–Kier alpha value is -1.67. The Kier molecular flexibility index (Phi) is 5.31. The summed E-state index contributed by atoms with van der Waals surface area (Å²) in [6.07, 6.45) is 2.38. The summed E-state index contributed by atoms with van der Waals surface area (Å²) in [4.78, 5) is 12.4. The minimum absolute atomic E-state index is 0.257. The van der Waals surface area contributed by atoms with Gasteiger partial charge < -0.3 is 14.8 Å². The summed E-state index contributed by atoms with van der Waals surface area (Å²) in [5, 5.41) is 3.21. The van der Waals surface area contributed by atoms with Crippen LogP contribution in [0.15, 0.2) is 0 Å². The molecular formula is C12H22N6O2. The zero-order valence-corrected chi connectivity index (χ0v) is 11.9. The molecule has 1 fully saturated rings.